The van der Waals surface area contributed by atoms with Gasteiger partial charge in [0.1, 0.15) is 0 Å². The molecule has 0 aliphatic rings. The van der Waals surface area contributed by atoms with Crippen molar-refractivity contribution in [2.45, 2.75) is 0 Å². The van der Waals surface area contributed by atoms with Crippen molar-refractivity contribution in [3.8, 4) is 16.8 Å². The molecule has 2 aromatic heterocycles. The molecule has 0 aliphatic heterocycles. The predicted molar refractivity (Wildman–Crippen MR) is 204 cm³/mol. The first kappa shape index (κ1) is 28.2. The molecular formula is C42H26Cl2N2S. The quantitative estimate of drug-likeness (QED) is 0.178. The van der Waals surface area contributed by atoms with Crippen molar-refractivity contribution in [1.82, 2.24) is 4.57 Å². The number of rotatable bonds is 5. The molecule has 0 radical (unpaired) electrons. The lowest BCUT2D eigenvalue weighted by Crippen LogP contribution is -2.09. The van der Waals surface area contributed by atoms with Crippen LogP contribution in [0.3, 0.4) is 0 Å². The summed E-state index contributed by atoms with van der Waals surface area (Å²) in [5.41, 5.74) is 8.76. The van der Waals surface area contributed by atoms with Gasteiger partial charge in [0.05, 0.1) is 11.0 Å². The summed E-state index contributed by atoms with van der Waals surface area (Å²) in [5.74, 6) is 0. The van der Waals surface area contributed by atoms with Crippen LogP contribution in [0.5, 0.6) is 0 Å². The lowest BCUT2D eigenvalue weighted by molar-refractivity contribution is 1.18. The molecule has 224 valence electrons. The summed E-state index contributed by atoms with van der Waals surface area (Å²) in [5, 5.41) is 6.16. The summed E-state index contributed by atoms with van der Waals surface area (Å²) in [7, 11) is 0. The molecule has 47 heavy (non-hydrogen) atoms. The van der Waals surface area contributed by atoms with E-state index in [0.29, 0.717) is 10.0 Å². The van der Waals surface area contributed by atoms with Gasteiger partial charge in [-0.15, -0.1) is 11.3 Å². The van der Waals surface area contributed by atoms with E-state index in [4.69, 9.17) is 23.2 Å². The minimum Gasteiger partial charge on any atom is -0.310 e. The zero-order valence-electron chi connectivity index (χ0n) is 25.1. The Hall–Kier alpha value is -5.06. The van der Waals surface area contributed by atoms with Crippen molar-refractivity contribution < 1.29 is 0 Å². The predicted octanol–water partition coefficient (Wildman–Crippen LogP) is 13.6. The number of aromatic nitrogens is 1. The van der Waals surface area contributed by atoms with E-state index in [-0.39, 0.29) is 0 Å². The van der Waals surface area contributed by atoms with Crippen molar-refractivity contribution in [2.24, 2.45) is 0 Å². The van der Waals surface area contributed by atoms with E-state index in [9.17, 15) is 0 Å². The van der Waals surface area contributed by atoms with E-state index in [1.807, 2.05) is 23.5 Å². The molecule has 9 aromatic rings. The third-order valence-electron chi connectivity index (χ3n) is 8.85. The van der Waals surface area contributed by atoms with Gasteiger partial charge < -0.3 is 9.47 Å². The van der Waals surface area contributed by atoms with Crippen LogP contribution >= 0.6 is 34.5 Å². The number of para-hydroxylation sites is 2. The molecule has 2 heterocycles. The van der Waals surface area contributed by atoms with E-state index < -0.39 is 0 Å². The Bertz CT molecular complexity index is 2580. The van der Waals surface area contributed by atoms with Crippen molar-refractivity contribution in [1.29, 1.82) is 0 Å². The third-order valence-corrected chi connectivity index (χ3v) is 10.4. The maximum Gasteiger partial charge on any atom is 0.0561 e. The first-order valence-corrected chi connectivity index (χ1v) is 17.0. The molecule has 2 nitrogen and oxygen atoms in total. The first-order chi connectivity index (χ1) is 23.1. The average molecular weight is 662 g/mol. The molecular weight excluding hydrogens is 635 g/mol. The summed E-state index contributed by atoms with van der Waals surface area (Å²) in [6.07, 6.45) is 0. The minimum atomic E-state index is 0.624. The summed E-state index contributed by atoms with van der Waals surface area (Å²) in [6.45, 7) is 0. The fourth-order valence-electron chi connectivity index (χ4n) is 6.78. The van der Waals surface area contributed by atoms with Crippen LogP contribution in [0.1, 0.15) is 0 Å². The molecule has 0 spiro atoms. The smallest absolute Gasteiger partial charge is 0.0561 e. The maximum atomic E-state index is 6.41. The molecule has 0 saturated heterocycles. The Morgan fingerprint density at radius 1 is 0.426 bits per heavy atom. The van der Waals surface area contributed by atoms with Crippen molar-refractivity contribution in [2.75, 3.05) is 4.90 Å². The van der Waals surface area contributed by atoms with Crippen LogP contribution in [0.2, 0.25) is 10.0 Å². The number of anilines is 3. The molecule has 5 heteroatoms. The topological polar surface area (TPSA) is 8.17 Å². The fourth-order valence-corrected chi connectivity index (χ4v) is 8.39. The number of hydrogen-bond donors (Lipinski definition) is 0. The van der Waals surface area contributed by atoms with Crippen molar-refractivity contribution >= 4 is 93.6 Å². The molecule has 0 aliphatic carbocycles. The van der Waals surface area contributed by atoms with Crippen molar-refractivity contribution in [3.63, 3.8) is 0 Å². The lowest BCUT2D eigenvalue weighted by atomic mass is 10.0. The van der Waals surface area contributed by atoms with Crippen LogP contribution in [0.15, 0.2) is 158 Å². The SMILES string of the molecule is Clc1cc(Cl)cc(-c2ccc3c(c2)c2ccc(N(c4ccccc4)c4ccc5sc6ccccc6c5c4)cc2n3-c2ccccc2)c1. The molecule has 0 unspecified atom stereocenters. The average Bonchev–Trinajstić information content (AvgIpc) is 3.63. The number of benzene rings is 7. The molecule has 7 aromatic carbocycles. The largest absolute Gasteiger partial charge is 0.310 e. The second-order valence-corrected chi connectivity index (χ2v) is 13.7. The van der Waals surface area contributed by atoms with E-state index >= 15 is 0 Å². The van der Waals surface area contributed by atoms with Crippen molar-refractivity contribution in [3.05, 3.63) is 168 Å². The van der Waals surface area contributed by atoms with Crippen LogP contribution < -0.4 is 4.90 Å². The first-order valence-electron chi connectivity index (χ1n) is 15.5. The van der Waals surface area contributed by atoms with Crippen LogP contribution in [-0.2, 0) is 0 Å². The second kappa shape index (κ2) is 11.3. The zero-order valence-corrected chi connectivity index (χ0v) is 27.4. The number of thiophene rings is 1. The summed E-state index contributed by atoms with van der Waals surface area (Å²) >= 11 is 14.7. The van der Waals surface area contributed by atoms with Gasteiger partial charge in [-0.2, -0.15) is 0 Å². The monoisotopic (exact) mass is 660 g/mol. The highest BCUT2D eigenvalue weighted by Gasteiger charge is 2.19. The molecule has 0 fully saturated rings. The van der Waals surface area contributed by atoms with Gasteiger partial charge in [-0.1, -0.05) is 89.9 Å². The molecule has 0 saturated carbocycles. The van der Waals surface area contributed by atoms with Gasteiger partial charge in [0, 0.05) is 63.7 Å². The van der Waals surface area contributed by atoms with E-state index in [1.54, 1.807) is 6.07 Å². The Labute approximate surface area is 286 Å². The molecule has 0 amide bonds. The molecule has 0 atom stereocenters. The van der Waals surface area contributed by atoms with E-state index in [0.717, 1.165) is 44.9 Å². The molecule has 0 bridgehead atoms. The van der Waals surface area contributed by atoms with Crippen LogP contribution in [0.25, 0.3) is 58.8 Å². The van der Waals surface area contributed by atoms with Crippen LogP contribution in [-0.4, -0.2) is 4.57 Å². The molecule has 0 N–H and O–H groups in total. The number of nitrogens with zero attached hydrogens (tertiary/aromatic N) is 2. The summed E-state index contributed by atoms with van der Waals surface area (Å²) < 4.78 is 4.96. The number of hydrogen-bond acceptors (Lipinski definition) is 2. The van der Waals surface area contributed by atoms with Gasteiger partial charge in [-0.05, 0) is 102 Å². The number of fused-ring (bicyclic) bond motifs is 6. The normalized spacial score (nSPS) is 11.6. The van der Waals surface area contributed by atoms with E-state index in [1.165, 1.54) is 30.9 Å². The number of halogens is 2. The highest BCUT2D eigenvalue weighted by Crippen LogP contribution is 2.43. The van der Waals surface area contributed by atoms with Crippen LogP contribution in [0.4, 0.5) is 17.1 Å². The Morgan fingerprint density at radius 2 is 1.11 bits per heavy atom. The van der Waals surface area contributed by atoms with Gasteiger partial charge >= 0.3 is 0 Å². The maximum absolute atomic E-state index is 6.41. The zero-order chi connectivity index (χ0) is 31.5. The van der Waals surface area contributed by atoms with Gasteiger partial charge in [-0.3, -0.25) is 0 Å². The summed E-state index contributed by atoms with van der Waals surface area (Å²) in [4.78, 5) is 2.36. The second-order valence-electron chi connectivity index (χ2n) is 11.7. The molecule has 9 rings (SSSR count). The van der Waals surface area contributed by atoms with Gasteiger partial charge in [-0.25, -0.2) is 0 Å². The summed E-state index contributed by atoms with van der Waals surface area (Å²) in [6, 6.07) is 55.8. The van der Waals surface area contributed by atoms with Gasteiger partial charge in [0.25, 0.3) is 0 Å². The van der Waals surface area contributed by atoms with E-state index in [2.05, 4.69) is 149 Å². The standard InChI is InChI=1S/C42H26Cl2N2S/c43-29-21-28(22-30(44)24-29)27-15-19-39-37(23-27)35-18-16-34(26-40(35)46(39)32-11-5-2-6-12-32)45(31-9-3-1-4-10-31)33-17-20-42-38(25-33)36-13-7-8-14-41(36)47-42/h1-26H. The Kier molecular flexibility index (Phi) is 6.79. The Balaban J connectivity index is 1.29. The van der Waals surface area contributed by atoms with Gasteiger partial charge in [0.2, 0.25) is 0 Å². The highest BCUT2D eigenvalue weighted by atomic mass is 35.5. The minimum absolute atomic E-state index is 0.624. The Morgan fingerprint density at radius 3 is 1.91 bits per heavy atom. The third kappa shape index (κ3) is 4.87. The fraction of sp³-hybridized carbons (Fsp3) is 0. The van der Waals surface area contributed by atoms with Gasteiger partial charge in [0.15, 0.2) is 0 Å². The highest BCUT2D eigenvalue weighted by molar-refractivity contribution is 7.25. The van der Waals surface area contributed by atoms with Crippen LogP contribution in [0, 0.1) is 0 Å². The lowest BCUT2D eigenvalue weighted by Gasteiger charge is -2.26.